The summed E-state index contributed by atoms with van der Waals surface area (Å²) >= 11 is 6.46. The zero-order chi connectivity index (χ0) is 20.0. The van der Waals surface area contributed by atoms with Crippen molar-refractivity contribution in [2.75, 3.05) is 5.32 Å². The first-order valence-electron chi connectivity index (χ1n) is 9.01. The van der Waals surface area contributed by atoms with Gasteiger partial charge in [0, 0.05) is 25.5 Å². The minimum atomic E-state index is -0.139. The highest BCUT2D eigenvalue weighted by Crippen LogP contribution is 2.36. The molecule has 1 aliphatic heterocycles. The smallest absolute Gasteiger partial charge is 0.255 e. The highest BCUT2D eigenvalue weighted by atomic mass is 35.5. The van der Waals surface area contributed by atoms with Gasteiger partial charge in [0.15, 0.2) is 5.82 Å². The third-order valence-corrected chi connectivity index (χ3v) is 5.15. The average molecular weight is 406 g/mol. The van der Waals surface area contributed by atoms with E-state index >= 15 is 0 Å². The Morgan fingerprint density at radius 3 is 2.93 bits per heavy atom. The Labute approximate surface area is 171 Å². The van der Waals surface area contributed by atoms with Crippen LogP contribution in [0.1, 0.15) is 15.9 Å². The van der Waals surface area contributed by atoms with Gasteiger partial charge in [-0.05, 0) is 35.9 Å². The third-order valence-electron chi connectivity index (χ3n) is 4.85. The van der Waals surface area contributed by atoms with Gasteiger partial charge in [0.25, 0.3) is 5.91 Å². The van der Waals surface area contributed by atoms with Gasteiger partial charge in [-0.3, -0.25) is 4.79 Å². The maximum Gasteiger partial charge on any atom is 0.255 e. The monoisotopic (exact) mass is 405 g/mol. The van der Waals surface area contributed by atoms with Crippen molar-refractivity contribution in [1.29, 1.82) is 0 Å². The number of nitrogens with one attached hydrogen (secondary N) is 2. The molecule has 0 bridgehead atoms. The fraction of sp³-hybridized carbons (Fsp3) is 0.0952. The van der Waals surface area contributed by atoms with Crippen molar-refractivity contribution < 1.29 is 9.53 Å². The van der Waals surface area contributed by atoms with Crippen LogP contribution < -0.4 is 15.4 Å². The molecule has 4 aromatic rings. The number of carbonyl (C=O) groups is 1. The van der Waals surface area contributed by atoms with Gasteiger partial charge in [0.05, 0.1) is 16.1 Å². The molecule has 0 radical (unpaired) electrons. The average Bonchev–Trinajstić information content (AvgIpc) is 3.28. The molecule has 0 saturated heterocycles. The first-order chi connectivity index (χ1) is 14.1. The quantitative estimate of drug-likeness (QED) is 0.526. The lowest BCUT2D eigenvalue weighted by Gasteiger charge is -2.13. The Bertz CT molecular complexity index is 1270. The number of hydrogen-bond acceptors (Lipinski definition) is 5. The SMILES string of the molecule is Cn1ccc2ncnc(Nc3ccc(Oc4cccc5c4C(=O)NC5)c(Cl)c3)c21. The van der Waals surface area contributed by atoms with Gasteiger partial charge in [0.1, 0.15) is 23.3 Å². The standard InChI is InChI=1S/C21H16ClN5O2/c1-27-8-7-15-19(27)20(25-11-24-15)26-13-5-6-16(14(22)9-13)29-17-4-2-3-12-10-23-21(28)18(12)17/h2-9,11H,10H2,1H3,(H,23,28)(H,24,25,26). The summed E-state index contributed by atoms with van der Waals surface area (Å²) in [7, 11) is 1.94. The zero-order valence-corrected chi connectivity index (χ0v) is 16.2. The molecule has 144 valence electrons. The summed E-state index contributed by atoms with van der Waals surface area (Å²) in [5, 5.41) is 6.50. The summed E-state index contributed by atoms with van der Waals surface area (Å²) in [6.45, 7) is 0.508. The second-order valence-corrected chi connectivity index (χ2v) is 7.14. The molecule has 0 saturated carbocycles. The molecule has 5 rings (SSSR count). The summed E-state index contributed by atoms with van der Waals surface area (Å²) < 4.78 is 7.91. The van der Waals surface area contributed by atoms with Gasteiger partial charge >= 0.3 is 0 Å². The molecule has 3 heterocycles. The number of carbonyl (C=O) groups excluding carboxylic acids is 1. The van der Waals surface area contributed by atoms with E-state index < -0.39 is 0 Å². The molecule has 1 aliphatic rings. The van der Waals surface area contributed by atoms with Crippen LogP contribution in [0.3, 0.4) is 0 Å². The van der Waals surface area contributed by atoms with E-state index in [1.54, 1.807) is 18.2 Å². The molecule has 0 spiro atoms. The van der Waals surface area contributed by atoms with Crippen molar-refractivity contribution in [3.8, 4) is 11.5 Å². The predicted molar refractivity (Wildman–Crippen MR) is 111 cm³/mol. The first-order valence-corrected chi connectivity index (χ1v) is 9.38. The largest absolute Gasteiger partial charge is 0.455 e. The molecule has 2 N–H and O–H groups in total. The van der Waals surface area contributed by atoms with Crippen LogP contribution in [0.2, 0.25) is 5.02 Å². The van der Waals surface area contributed by atoms with Crippen LogP contribution in [0.25, 0.3) is 11.0 Å². The lowest BCUT2D eigenvalue weighted by Crippen LogP contribution is -2.13. The summed E-state index contributed by atoms with van der Waals surface area (Å²) in [4.78, 5) is 20.7. The molecule has 0 fully saturated rings. The molecule has 1 amide bonds. The van der Waals surface area contributed by atoms with Crippen molar-refractivity contribution in [3.05, 3.63) is 71.1 Å². The van der Waals surface area contributed by atoms with Crippen LogP contribution in [0.5, 0.6) is 11.5 Å². The number of rotatable bonds is 4. The molecule has 2 aromatic heterocycles. The number of hydrogen-bond donors (Lipinski definition) is 2. The molecule has 29 heavy (non-hydrogen) atoms. The molecular weight excluding hydrogens is 390 g/mol. The second-order valence-electron chi connectivity index (χ2n) is 6.73. The van der Waals surface area contributed by atoms with Gasteiger partial charge in [-0.25, -0.2) is 9.97 Å². The Balaban J connectivity index is 1.44. The summed E-state index contributed by atoms with van der Waals surface area (Å²) in [6, 6.07) is 12.8. The molecular formula is C21H16ClN5O2. The van der Waals surface area contributed by atoms with Crippen molar-refractivity contribution in [2.45, 2.75) is 6.54 Å². The van der Waals surface area contributed by atoms with Crippen LogP contribution in [0.4, 0.5) is 11.5 Å². The van der Waals surface area contributed by atoms with E-state index in [-0.39, 0.29) is 5.91 Å². The van der Waals surface area contributed by atoms with Gasteiger partial charge in [-0.15, -0.1) is 0 Å². The Kier molecular flexibility index (Phi) is 4.10. The molecule has 0 unspecified atom stereocenters. The van der Waals surface area contributed by atoms with Gasteiger partial charge in [0.2, 0.25) is 0 Å². The maximum atomic E-state index is 12.1. The highest BCUT2D eigenvalue weighted by molar-refractivity contribution is 6.32. The van der Waals surface area contributed by atoms with E-state index in [9.17, 15) is 4.79 Å². The van der Waals surface area contributed by atoms with Crippen molar-refractivity contribution in [3.63, 3.8) is 0 Å². The first kappa shape index (κ1) is 17.5. The van der Waals surface area contributed by atoms with Gasteiger partial charge in [-0.1, -0.05) is 23.7 Å². The van der Waals surface area contributed by atoms with Gasteiger partial charge in [-0.2, -0.15) is 0 Å². The Morgan fingerprint density at radius 1 is 1.17 bits per heavy atom. The van der Waals surface area contributed by atoms with Crippen molar-refractivity contribution in [2.24, 2.45) is 7.05 Å². The fourth-order valence-corrected chi connectivity index (χ4v) is 3.68. The molecule has 0 aliphatic carbocycles. The van der Waals surface area contributed by atoms with E-state index in [2.05, 4.69) is 20.6 Å². The number of fused-ring (bicyclic) bond motifs is 2. The van der Waals surface area contributed by atoms with Crippen molar-refractivity contribution >= 4 is 40.0 Å². The minimum absolute atomic E-state index is 0.139. The van der Waals surface area contributed by atoms with Crippen LogP contribution in [-0.4, -0.2) is 20.4 Å². The van der Waals surface area contributed by atoms with Crippen molar-refractivity contribution in [1.82, 2.24) is 19.9 Å². The summed E-state index contributed by atoms with van der Waals surface area (Å²) in [5.41, 5.74) is 3.98. The Morgan fingerprint density at radius 2 is 2.07 bits per heavy atom. The van der Waals surface area contributed by atoms with E-state index in [4.69, 9.17) is 16.3 Å². The summed E-state index contributed by atoms with van der Waals surface area (Å²) in [5.74, 6) is 1.50. The normalized spacial score (nSPS) is 12.7. The maximum absolute atomic E-state index is 12.1. The zero-order valence-electron chi connectivity index (χ0n) is 15.4. The number of anilines is 2. The van der Waals surface area contributed by atoms with Crippen LogP contribution >= 0.6 is 11.6 Å². The fourth-order valence-electron chi connectivity index (χ4n) is 3.46. The minimum Gasteiger partial charge on any atom is -0.455 e. The van der Waals surface area contributed by atoms with Crippen LogP contribution in [-0.2, 0) is 13.6 Å². The number of aromatic nitrogens is 3. The number of benzene rings is 2. The van der Waals surface area contributed by atoms with E-state index in [0.717, 1.165) is 22.3 Å². The third kappa shape index (κ3) is 3.05. The lowest BCUT2D eigenvalue weighted by atomic mass is 10.1. The molecule has 2 aromatic carbocycles. The Hall–Kier alpha value is -3.58. The summed E-state index contributed by atoms with van der Waals surface area (Å²) in [6.07, 6.45) is 3.45. The number of nitrogens with zero attached hydrogens (tertiary/aromatic N) is 3. The van der Waals surface area contributed by atoms with Crippen LogP contribution in [0, 0.1) is 0 Å². The lowest BCUT2D eigenvalue weighted by molar-refractivity contribution is 0.0964. The number of ether oxygens (including phenoxy) is 1. The molecule has 7 nitrogen and oxygen atoms in total. The molecule has 8 heteroatoms. The van der Waals surface area contributed by atoms with E-state index in [1.165, 1.54) is 6.33 Å². The second kappa shape index (κ2) is 6.79. The van der Waals surface area contributed by atoms with E-state index in [1.807, 2.05) is 42.1 Å². The number of halogens is 1. The van der Waals surface area contributed by atoms with Crippen LogP contribution in [0.15, 0.2) is 55.0 Å². The highest BCUT2D eigenvalue weighted by Gasteiger charge is 2.23. The predicted octanol–water partition coefficient (Wildman–Crippen LogP) is 4.40. The number of amides is 1. The topological polar surface area (TPSA) is 81.1 Å². The van der Waals surface area contributed by atoms with Gasteiger partial charge < -0.3 is 19.9 Å². The number of aryl methyl sites for hydroxylation is 1. The molecule has 0 atom stereocenters. The van der Waals surface area contributed by atoms with E-state index in [0.29, 0.717) is 34.4 Å².